The number of carbonyl (C=O) groups excluding carboxylic acids is 2. The Bertz CT molecular complexity index is 1100. The van der Waals surface area contributed by atoms with Crippen molar-refractivity contribution in [2.24, 2.45) is 10.9 Å². The number of hydrogen-bond acceptors (Lipinski definition) is 6. The largest absolute Gasteiger partial charge is 0.326 e. The summed E-state index contributed by atoms with van der Waals surface area (Å²) >= 11 is 1.29. The lowest BCUT2D eigenvalue weighted by molar-refractivity contribution is -0.384. The van der Waals surface area contributed by atoms with E-state index in [4.69, 9.17) is 0 Å². The van der Waals surface area contributed by atoms with Gasteiger partial charge in [-0.15, -0.1) is 0 Å². The van der Waals surface area contributed by atoms with E-state index in [9.17, 15) is 19.7 Å². The third kappa shape index (κ3) is 6.02. The van der Waals surface area contributed by atoms with Crippen LogP contribution in [0.25, 0.3) is 0 Å². The molecule has 2 fully saturated rings. The maximum absolute atomic E-state index is 13.3. The van der Waals surface area contributed by atoms with E-state index in [1.54, 1.807) is 17.0 Å². The molecule has 178 valence electrons. The van der Waals surface area contributed by atoms with Crippen LogP contribution < -0.4 is 5.32 Å². The van der Waals surface area contributed by atoms with Gasteiger partial charge in [0, 0.05) is 30.8 Å². The average molecular weight is 481 g/mol. The molecule has 1 aliphatic heterocycles. The molecule has 0 spiro atoms. The Morgan fingerprint density at radius 1 is 1.18 bits per heavy atom. The van der Waals surface area contributed by atoms with E-state index in [1.807, 2.05) is 31.2 Å². The quantitative estimate of drug-likeness (QED) is 0.419. The number of nitro benzene ring substituents is 1. The number of non-ortho nitro benzene ring substituents is 1. The molecule has 1 aliphatic carbocycles. The monoisotopic (exact) mass is 480 g/mol. The van der Waals surface area contributed by atoms with Gasteiger partial charge in [0.25, 0.3) is 5.69 Å². The number of anilines is 1. The highest BCUT2D eigenvalue weighted by Crippen LogP contribution is 2.35. The van der Waals surface area contributed by atoms with Crippen LogP contribution in [0.3, 0.4) is 0 Å². The molecule has 2 amide bonds. The first kappa shape index (κ1) is 23.9. The minimum atomic E-state index is -0.551. The third-order valence-corrected chi connectivity index (χ3v) is 7.32. The van der Waals surface area contributed by atoms with Crippen LogP contribution in [0, 0.1) is 23.0 Å². The summed E-state index contributed by atoms with van der Waals surface area (Å²) in [6.07, 6.45) is 5.77. The first-order valence-electron chi connectivity index (χ1n) is 11.6. The summed E-state index contributed by atoms with van der Waals surface area (Å²) in [5, 5.41) is 13.8. The summed E-state index contributed by atoms with van der Waals surface area (Å²) in [6, 6.07) is 13.5. The predicted octanol–water partition coefficient (Wildman–Crippen LogP) is 5.44. The van der Waals surface area contributed by atoms with Crippen molar-refractivity contribution < 1.29 is 14.5 Å². The molecule has 8 nitrogen and oxygen atoms in total. The van der Waals surface area contributed by atoms with Gasteiger partial charge in [-0.3, -0.25) is 24.6 Å². The Morgan fingerprint density at radius 2 is 1.91 bits per heavy atom. The molecular formula is C25H28N4O4S. The van der Waals surface area contributed by atoms with Gasteiger partial charge >= 0.3 is 0 Å². The SMILES string of the molecule is Cc1cccc(NC(=O)CC2SC(=Nc3ccc([N+](=O)[O-])cc3)N(CC3CCCCC3)C2=O)c1. The van der Waals surface area contributed by atoms with Crippen molar-refractivity contribution in [3.05, 3.63) is 64.2 Å². The van der Waals surface area contributed by atoms with E-state index in [0.29, 0.717) is 29.0 Å². The van der Waals surface area contributed by atoms with Crippen molar-refractivity contribution in [3.8, 4) is 0 Å². The van der Waals surface area contributed by atoms with Crippen LogP contribution in [0.4, 0.5) is 17.1 Å². The van der Waals surface area contributed by atoms with Crippen LogP contribution in [-0.4, -0.2) is 38.6 Å². The maximum atomic E-state index is 13.3. The highest BCUT2D eigenvalue weighted by atomic mass is 32.2. The Kier molecular flexibility index (Phi) is 7.62. The number of thioether (sulfide) groups is 1. The second-order valence-electron chi connectivity index (χ2n) is 8.85. The van der Waals surface area contributed by atoms with Gasteiger partial charge in [-0.1, -0.05) is 43.2 Å². The Labute approximate surface area is 203 Å². The van der Waals surface area contributed by atoms with Gasteiger partial charge in [0.2, 0.25) is 11.8 Å². The van der Waals surface area contributed by atoms with Gasteiger partial charge < -0.3 is 5.32 Å². The Hall–Kier alpha value is -3.20. The van der Waals surface area contributed by atoms with Gasteiger partial charge in [-0.25, -0.2) is 4.99 Å². The van der Waals surface area contributed by atoms with Crippen molar-refractivity contribution in [2.45, 2.75) is 50.7 Å². The summed E-state index contributed by atoms with van der Waals surface area (Å²) in [5.41, 5.74) is 2.28. The molecule has 1 saturated carbocycles. The van der Waals surface area contributed by atoms with Gasteiger partial charge in [0.15, 0.2) is 5.17 Å². The zero-order valence-electron chi connectivity index (χ0n) is 19.1. The van der Waals surface area contributed by atoms with E-state index in [0.717, 1.165) is 31.2 Å². The number of hydrogen-bond donors (Lipinski definition) is 1. The Morgan fingerprint density at radius 3 is 2.59 bits per heavy atom. The molecule has 2 aromatic rings. The maximum Gasteiger partial charge on any atom is 0.269 e. The number of benzene rings is 2. The molecule has 9 heteroatoms. The number of rotatable bonds is 7. The number of nitro groups is 1. The zero-order valence-corrected chi connectivity index (χ0v) is 19.9. The molecular weight excluding hydrogens is 452 g/mol. The molecule has 2 aliphatic rings. The molecule has 1 heterocycles. The highest BCUT2D eigenvalue weighted by molar-refractivity contribution is 8.15. The van der Waals surface area contributed by atoms with Crippen molar-refractivity contribution in [1.82, 2.24) is 4.90 Å². The molecule has 1 saturated heterocycles. The van der Waals surface area contributed by atoms with Crippen LogP contribution in [-0.2, 0) is 9.59 Å². The average Bonchev–Trinajstić information content (AvgIpc) is 3.08. The number of aliphatic imine (C=N–C) groups is 1. The molecule has 0 bridgehead atoms. The number of amides is 2. The topological polar surface area (TPSA) is 105 Å². The highest BCUT2D eigenvalue weighted by Gasteiger charge is 2.40. The lowest BCUT2D eigenvalue weighted by Gasteiger charge is -2.26. The van der Waals surface area contributed by atoms with Gasteiger partial charge in [0.1, 0.15) is 5.25 Å². The number of carbonyl (C=O) groups is 2. The van der Waals surface area contributed by atoms with Crippen molar-refractivity contribution in [2.75, 3.05) is 11.9 Å². The number of nitrogens with one attached hydrogen (secondary N) is 1. The molecule has 4 rings (SSSR count). The summed E-state index contributed by atoms with van der Waals surface area (Å²) in [7, 11) is 0. The lowest BCUT2D eigenvalue weighted by atomic mass is 9.89. The van der Waals surface area contributed by atoms with Gasteiger partial charge in [0.05, 0.1) is 10.6 Å². The van der Waals surface area contributed by atoms with E-state index < -0.39 is 10.2 Å². The number of aryl methyl sites for hydroxylation is 1. The van der Waals surface area contributed by atoms with E-state index in [2.05, 4.69) is 10.3 Å². The zero-order chi connectivity index (χ0) is 24.1. The number of nitrogens with zero attached hydrogens (tertiary/aromatic N) is 3. The summed E-state index contributed by atoms with van der Waals surface area (Å²) in [5.74, 6) is 0.0986. The molecule has 1 atom stereocenters. The van der Waals surface area contributed by atoms with Crippen molar-refractivity contribution in [3.63, 3.8) is 0 Å². The normalized spacial score (nSPS) is 20.0. The molecule has 0 aromatic heterocycles. The van der Waals surface area contributed by atoms with Crippen LogP contribution in [0.15, 0.2) is 53.5 Å². The van der Waals surface area contributed by atoms with Crippen molar-refractivity contribution in [1.29, 1.82) is 0 Å². The second-order valence-corrected chi connectivity index (χ2v) is 10.0. The molecule has 0 radical (unpaired) electrons. The first-order chi connectivity index (χ1) is 16.4. The Balaban J connectivity index is 1.51. The van der Waals surface area contributed by atoms with Gasteiger partial charge in [-0.2, -0.15) is 0 Å². The summed E-state index contributed by atoms with van der Waals surface area (Å²) < 4.78 is 0. The van der Waals surface area contributed by atoms with Crippen LogP contribution >= 0.6 is 11.8 Å². The fourth-order valence-electron chi connectivity index (χ4n) is 4.38. The standard InChI is InChI=1S/C25H28N4O4S/c1-17-6-5-9-20(14-17)26-23(30)15-22-24(31)28(16-18-7-3-2-4-8-18)25(34-22)27-19-10-12-21(13-11-19)29(32)33/h5-6,9-14,18,22H,2-4,7-8,15-16H2,1H3,(H,26,30). The lowest BCUT2D eigenvalue weighted by Crippen LogP contribution is -2.37. The molecule has 34 heavy (non-hydrogen) atoms. The van der Waals surface area contributed by atoms with E-state index >= 15 is 0 Å². The smallest absolute Gasteiger partial charge is 0.269 e. The first-order valence-corrected chi connectivity index (χ1v) is 12.4. The predicted molar refractivity (Wildman–Crippen MR) is 134 cm³/mol. The summed E-state index contributed by atoms with van der Waals surface area (Å²) in [6.45, 7) is 2.55. The van der Waals surface area contributed by atoms with Crippen LogP contribution in [0.2, 0.25) is 0 Å². The molecule has 2 aromatic carbocycles. The molecule has 1 unspecified atom stereocenters. The number of amidine groups is 1. The van der Waals surface area contributed by atoms with E-state index in [1.165, 1.54) is 30.3 Å². The van der Waals surface area contributed by atoms with E-state index in [-0.39, 0.29) is 23.9 Å². The minimum absolute atomic E-state index is 0.0103. The minimum Gasteiger partial charge on any atom is -0.326 e. The third-order valence-electron chi connectivity index (χ3n) is 6.14. The fraction of sp³-hybridized carbons (Fsp3) is 0.400. The summed E-state index contributed by atoms with van der Waals surface area (Å²) in [4.78, 5) is 42.9. The van der Waals surface area contributed by atoms with Crippen LogP contribution in [0.1, 0.15) is 44.1 Å². The fourth-order valence-corrected chi connectivity index (χ4v) is 5.55. The van der Waals surface area contributed by atoms with Gasteiger partial charge in [-0.05, 0) is 55.5 Å². The van der Waals surface area contributed by atoms with Crippen molar-refractivity contribution >= 4 is 45.8 Å². The second kappa shape index (κ2) is 10.8. The molecule has 1 N–H and O–H groups in total. The van der Waals surface area contributed by atoms with Crippen LogP contribution in [0.5, 0.6) is 0 Å².